The molecule has 0 spiro atoms. The first-order valence-corrected chi connectivity index (χ1v) is 6.17. The van der Waals surface area contributed by atoms with E-state index in [9.17, 15) is 10.1 Å². The number of nitro benzene ring substituents is 1. The maximum absolute atomic E-state index is 10.6. The summed E-state index contributed by atoms with van der Waals surface area (Å²) in [7, 11) is 0. The van der Waals surface area contributed by atoms with Crippen molar-refractivity contribution in [3.05, 3.63) is 51.8 Å². The molecule has 0 saturated heterocycles. The van der Waals surface area contributed by atoms with Crippen LogP contribution in [0.4, 0.5) is 17.3 Å². The number of nitrogens with one attached hydrogen (secondary N) is 2. The van der Waals surface area contributed by atoms with E-state index in [-0.39, 0.29) is 11.6 Å². The third kappa shape index (κ3) is 3.96. The quantitative estimate of drug-likeness (QED) is 0.319. The zero-order valence-electron chi connectivity index (χ0n) is 11.6. The highest BCUT2D eigenvalue weighted by molar-refractivity contribution is 5.88. The van der Waals surface area contributed by atoms with Gasteiger partial charge in [0.15, 0.2) is 0 Å². The highest BCUT2D eigenvalue weighted by atomic mass is 16.6. The molecule has 0 unspecified atom stereocenters. The van der Waals surface area contributed by atoms with Crippen molar-refractivity contribution >= 4 is 23.3 Å². The highest BCUT2D eigenvalue weighted by Crippen LogP contribution is 2.14. The lowest BCUT2D eigenvalue weighted by Gasteiger charge is -2.01. The van der Waals surface area contributed by atoms with Crippen LogP contribution in [-0.2, 0) is 0 Å². The Kier molecular flexibility index (Phi) is 4.07. The summed E-state index contributed by atoms with van der Waals surface area (Å²) >= 11 is 0. The van der Waals surface area contributed by atoms with Crippen molar-refractivity contribution in [2.75, 3.05) is 5.32 Å². The van der Waals surface area contributed by atoms with Crippen molar-refractivity contribution in [3.63, 3.8) is 0 Å². The molecule has 0 saturated carbocycles. The molecular formula is C13H15N6O2+. The van der Waals surface area contributed by atoms with Crippen LogP contribution in [0.2, 0.25) is 0 Å². The number of aryl methyl sites for hydroxylation is 2. The molecule has 2 rings (SSSR count). The molecule has 8 nitrogen and oxygen atoms in total. The fraction of sp³-hybridized carbons (Fsp3) is 0.154. The van der Waals surface area contributed by atoms with Crippen LogP contribution in [0.25, 0.3) is 0 Å². The molecule has 1 aromatic heterocycles. The average Bonchev–Trinajstić information content (AvgIpc) is 2.37. The van der Waals surface area contributed by atoms with Crippen molar-refractivity contribution in [3.8, 4) is 0 Å². The molecule has 0 amide bonds. The van der Waals surface area contributed by atoms with Crippen LogP contribution in [-0.4, -0.2) is 20.9 Å². The second kappa shape index (κ2) is 5.95. The molecule has 0 aliphatic carbocycles. The normalized spacial score (nSPS) is 11.2. The van der Waals surface area contributed by atoms with Crippen LogP contribution in [0.3, 0.4) is 0 Å². The molecule has 1 heterocycles. The molecule has 8 heteroatoms. The molecular weight excluding hydrogens is 272 g/mol. The summed E-state index contributed by atoms with van der Waals surface area (Å²) in [5.41, 5.74) is 8.11. The number of guanidine groups is 1. The minimum atomic E-state index is -0.460. The number of aromatic nitrogens is 2. The summed E-state index contributed by atoms with van der Waals surface area (Å²) in [5, 5.41) is 13.4. The first-order chi connectivity index (χ1) is 9.94. The minimum absolute atomic E-state index is 0.0183. The van der Waals surface area contributed by atoms with E-state index in [1.54, 1.807) is 12.1 Å². The second-order valence-electron chi connectivity index (χ2n) is 4.44. The van der Waals surface area contributed by atoms with E-state index in [0.29, 0.717) is 11.6 Å². The number of nitrogens with two attached hydrogens (primary N) is 1. The van der Waals surface area contributed by atoms with Gasteiger partial charge in [0.05, 0.1) is 22.0 Å². The summed E-state index contributed by atoms with van der Waals surface area (Å²) < 4.78 is 0. The molecule has 0 aliphatic heterocycles. The SMILES string of the molecule is Cc1cc(C)nc([NH+]=C(N)Nc2ccc([N+](=O)[O-])cc2)n1. The molecule has 0 atom stereocenters. The lowest BCUT2D eigenvalue weighted by atomic mass is 10.3. The third-order valence-corrected chi connectivity index (χ3v) is 2.59. The van der Waals surface area contributed by atoms with Crippen LogP contribution in [0, 0.1) is 24.0 Å². The Hall–Kier alpha value is -3.03. The van der Waals surface area contributed by atoms with Crippen molar-refractivity contribution in [1.29, 1.82) is 0 Å². The third-order valence-electron chi connectivity index (χ3n) is 2.59. The zero-order chi connectivity index (χ0) is 15.4. The number of benzene rings is 1. The topological polar surface area (TPSA) is 121 Å². The Morgan fingerprint density at radius 3 is 2.33 bits per heavy atom. The van der Waals surface area contributed by atoms with E-state index in [2.05, 4.69) is 20.3 Å². The Morgan fingerprint density at radius 2 is 1.81 bits per heavy atom. The van der Waals surface area contributed by atoms with Gasteiger partial charge in [-0.05, 0) is 26.0 Å². The predicted molar refractivity (Wildman–Crippen MR) is 78.0 cm³/mol. The fourth-order valence-corrected chi connectivity index (χ4v) is 1.76. The summed E-state index contributed by atoms with van der Waals surface area (Å²) in [6.07, 6.45) is 0. The minimum Gasteiger partial charge on any atom is -0.322 e. The predicted octanol–water partition coefficient (Wildman–Crippen LogP) is 0.141. The maximum atomic E-state index is 10.6. The smallest absolute Gasteiger partial charge is 0.322 e. The number of anilines is 1. The molecule has 21 heavy (non-hydrogen) atoms. The molecule has 0 radical (unpaired) electrons. The van der Waals surface area contributed by atoms with Gasteiger partial charge in [0.2, 0.25) is 0 Å². The number of nitrogens with zero attached hydrogens (tertiary/aromatic N) is 3. The summed E-state index contributed by atoms with van der Waals surface area (Å²) in [6, 6.07) is 7.76. The van der Waals surface area contributed by atoms with E-state index < -0.39 is 4.92 Å². The molecule has 2 aromatic rings. The average molecular weight is 287 g/mol. The Morgan fingerprint density at radius 1 is 1.24 bits per heavy atom. The van der Waals surface area contributed by atoms with Gasteiger partial charge in [-0.25, -0.2) is 4.99 Å². The first-order valence-electron chi connectivity index (χ1n) is 6.17. The largest absolute Gasteiger partial charge is 0.354 e. The lowest BCUT2D eigenvalue weighted by Crippen LogP contribution is -2.72. The van der Waals surface area contributed by atoms with E-state index >= 15 is 0 Å². The van der Waals surface area contributed by atoms with Crippen LogP contribution < -0.4 is 16.0 Å². The van der Waals surface area contributed by atoms with Gasteiger partial charge < -0.3 is 5.73 Å². The number of hydrogen-bond donors (Lipinski definition) is 3. The van der Waals surface area contributed by atoms with Gasteiger partial charge in [0, 0.05) is 18.2 Å². The first kappa shape index (κ1) is 14.4. The van der Waals surface area contributed by atoms with Crippen molar-refractivity contribution in [2.24, 2.45) is 5.73 Å². The fourth-order valence-electron chi connectivity index (χ4n) is 1.76. The molecule has 0 aliphatic rings. The Balaban J connectivity index is 2.14. The number of hydrogen-bond acceptors (Lipinski definition) is 4. The van der Waals surface area contributed by atoms with E-state index in [0.717, 1.165) is 11.4 Å². The molecule has 1 aromatic carbocycles. The van der Waals surface area contributed by atoms with E-state index in [1.807, 2.05) is 19.9 Å². The monoisotopic (exact) mass is 287 g/mol. The summed E-state index contributed by atoms with van der Waals surface area (Å²) in [5.74, 6) is 0.619. The summed E-state index contributed by atoms with van der Waals surface area (Å²) in [6.45, 7) is 3.72. The zero-order valence-corrected chi connectivity index (χ0v) is 11.6. The highest BCUT2D eigenvalue weighted by Gasteiger charge is 2.07. The van der Waals surface area contributed by atoms with Crippen LogP contribution in [0.5, 0.6) is 0 Å². The van der Waals surface area contributed by atoms with Gasteiger partial charge in [-0.15, -0.1) is 9.97 Å². The lowest BCUT2D eigenvalue weighted by molar-refractivity contribution is -0.384. The Bertz CT molecular complexity index is 676. The van der Waals surface area contributed by atoms with Gasteiger partial charge >= 0.3 is 5.95 Å². The van der Waals surface area contributed by atoms with Crippen molar-refractivity contribution in [1.82, 2.24) is 9.97 Å². The molecule has 0 fully saturated rings. The van der Waals surface area contributed by atoms with E-state index in [4.69, 9.17) is 5.73 Å². The van der Waals surface area contributed by atoms with Crippen LogP contribution in [0.15, 0.2) is 30.3 Å². The number of rotatable bonds is 3. The van der Waals surface area contributed by atoms with Crippen LogP contribution in [0.1, 0.15) is 11.4 Å². The molecule has 4 N–H and O–H groups in total. The maximum Gasteiger partial charge on any atom is 0.354 e. The van der Waals surface area contributed by atoms with Gasteiger partial charge in [-0.3, -0.25) is 15.4 Å². The number of non-ortho nitro benzene ring substituents is 1. The standard InChI is InChI=1S/C13H14N6O2/c1-8-7-9(2)16-13(15-8)18-12(14)17-10-3-5-11(6-4-10)19(20)21/h3-7H,1-2H3,(H3,14,15,16,17,18)/p+1. The number of nitro groups is 1. The van der Waals surface area contributed by atoms with Crippen LogP contribution >= 0.6 is 0 Å². The van der Waals surface area contributed by atoms with E-state index in [1.165, 1.54) is 12.1 Å². The Labute approximate surface area is 120 Å². The van der Waals surface area contributed by atoms with Gasteiger partial charge in [0.1, 0.15) is 0 Å². The van der Waals surface area contributed by atoms with Crippen molar-refractivity contribution < 1.29 is 9.92 Å². The summed E-state index contributed by atoms with van der Waals surface area (Å²) in [4.78, 5) is 21.3. The molecule has 0 bridgehead atoms. The van der Waals surface area contributed by atoms with Gasteiger partial charge in [0.25, 0.3) is 11.6 Å². The van der Waals surface area contributed by atoms with Gasteiger partial charge in [-0.1, -0.05) is 0 Å². The second-order valence-corrected chi connectivity index (χ2v) is 4.44. The van der Waals surface area contributed by atoms with Crippen molar-refractivity contribution in [2.45, 2.75) is 13.8 Å². The van der Waals surface area contributed by atoms with Gasteiger partial charge in [-0.2, -0.15) is 0 Å². The molecule has 108 valence electrons.